The van der Waals surface area contributed by atoms with Gasteiger partial charge in [-0.15, -0.1) is 0 Å². The molecule has 1 heterocycles. The molecule has 0 radical (unpaired) electrons. The highest BCUT2D eigenvalue weighted by atomic mass is 16.5. The summed E-state index contributed by atoms with van der Waals surface area (Å²) >= 11 is 0. The van der Waals surface area contributed by atoms with Gasteiger partial charge in [0.25, 0.3) is 0 Å². The minimum Gasteiger partial charge on any atom is -0.497 e. The van der Waals surface area contributed by atoms with Gasteiger partial charge in [0.05, 0.1) is 14.2 Å². The van der Waals surface area contributed by atoms with E-state index in [0.717, 1.165) is 11.8 Å². The fourth-order valence-corrected chi connectivity index (χ4v) is 1.74. The molecule has 0 atom stereocenters. The molecule has 0 aliphatic rings. The Kier molecular flexibility index (Phi) is 3.57. The molecular formula is C14H13NO3. The molecular weight excluding hydrogens is 230 g/mol. The summed E-state index contributed by atoms with van der Waals surface area (Å²) in [6, 6.07) is 8.86. The molecule has 0 saturated heterocycles. The van der Waals surface area contributed by atoms with Crippen molar-refractivity contribution in [1.82, 2.24) is 4.98 Å². The predicted octanol–water partition coefficient (Wildman–Crippen LogP) is 2.58. The van der Waals surface area contributed by atoms with Crippen LogP contribution in [0.1, 0.15) is 10.4 Å². The Morgan fingerprint density at radius 1 is 1.17 bits per heavy atom. The predicted molar refractivity (Wildman–Crippen MR) is 68.2 cm³/mol. The summed E-state index contributed by atoms with van der Waals surface area (Å²) in [4.78, 5) is 15.4. The zero-order valence-electron chi connectivity index (χ0n) is 10.2. The van der Waals surface area contributed by atoms with Gasteiger partial charge in [-0.05, 0) is 30.3 Å². The standard InChI is InChI=1S/C14H13NO3/c1-17-11-5-6-12(10(8-11)9-16)14-13(18-2)4-3-7-15-14/h3-9H,1-2H3. The quantitative estimate of drug-likeness (QED) is 0.774. The van der Waals surface area contributed by atoms with Crippen LogP contribution in [0.2, 0.25) is 0 Å². The molecule has 0 aliphatic heterocycles. The van der Waals surface area contributed by atoms with E-state index in [0.29, 0.717) is 22.8 Å². The van der Waals surface area contributed by atoms with E-state index in [2.05, 4.69) is 4.98 Å². The van der Waals surface area contributed by atoms with Crippen molar-refractivity contribution in [3.05, 3.63) is 42.1 Å². The van der Waals surface area contributed by atoms with Crippen molar-refractivity contribution in [1.29, 1.82) is 0 Å². The number of aldehydes is 1. The number of carbonyl (C=O) groups excluding carboxylic acids is 1. The van der Waals surface area contributed by atoms with Gasteiger partial charge < -0.3 is 9.47 Å². The maximum absolute atomic E-state index is 11.1. The molecule has 4 heteroatoms. The molecule has 0 saturated carbocycles. The smallest absolute Gasteiger partial charge is 0.150 e. The van der Waals surface area contributed by atoms with Crippen LogP contribution in [0.5, 0.6) is 11.5 Å². The van der Waals surface area contributed by atoms with Gasteiger partial charge in [-0.25, -0.2) is 0 Å². The second-order valence-electron chi connectivity index (χ2n) is 3.63. The van der Waals surface area contributed by atoms with Crippen molar-refractivity contribution < 1.29 is 14.3 Å². The summed E-state index contributed by atoms with van der Waals surface area (Å²) in [5, 5.41) is 0. The molecule has 0 amide bonds. The number of rotatable bonds is 4. The molecule has 18 heavy (non-hydrogen) atoms. The number of aromatic nitrogens is 1. The van der Waals surface area contributed by atoms with Gasteiger partial charge in [-0.1, -0.05) is 0 Å². The number of benzene rings is 1. The van der Waals surface area contributed by atoms with Gasteiger partial charge in [0.2, 0.25) is 0 Å². The van der Waals surface area contributed by atoms with Crippen molar-refractivity contribution in [3.63, 3.8) is 0 Å². The molecule has 0 aliphatic carbocycles. The molecule has 0 N–H and O–H groups in total. The van der Waals surface area contributed by atoms with E-state index in [1.807, 2.05) is 0 Å². The maximum atomic E-state index is 11.1. The average Bonchev–Trinajstić information content (AvgIpc) is 2.46. The zero-order chi connectivity index (χ0) is 13.0. The van der Waals surface area contributed by atoms with Crippen LogP contribution in [0, 0.1) is 0 Å². The van der Waals surface area contributed by atoms with E-state index >= 15 is 0 Å². The minimum atomic E-state index is 0.520. The van der Waals surface area contributed by atoms with Crippen LogP contribution in [0.25, 0.3) is 11.3 Å². The first-order chi connectivity index (χ1) is 8.80. The lowest BCUT2D eigenvalue weighted by molar-refractivity contribution is 0.112. The Labute approximate surface area is 105 Å². The second-order valence-corrected chi connectivity index (χ2v) is 3.63. The summed E-state index contributed by atoms with van der Waals surface area (Å²) in [7, 11) is 3.13. The number of methoxy groups -OCH3 is 2. The van der Waals surface area contributed by atoms with Gasteiger partial charge in [0.1, 0.15) is 17.2 Å². The first-order valence-electron chi connectivity index (χ1n) is 5.42. The van der Waals surface area contributed by atoms with E-state index in [4.69, 9.17) is 9.47 Å². The monoisotopic (exact) mass is 243 g/mol. The minimum absolute atomic E-state index is 0.520. The first-order valence-corrected chi connectivity index (χ1v) is 5.42. The summed E-state index contributed by atoms with van der Waals surface area (Å²) in [5.74, 6) is 1.27. The second kappa shape index (κ2) is 5.31. The summed E-state index contributed by atoms with van der Waals surface area (Å²) in [6.07, 6.45) is 2.45. The van der Waals surface area contributed by atoms with Crippen LogP contribution < -0.4 is 9.47 Å². The van der Waals surface area contributed by atoms with Gasteiger partial charge in [-0.3, -0.25) is 9.78 Å². The number of pyridine rings is 1. The Hall–Kier alpha value is -2.36. The molecule has 0 spiro atoms. The normalized spacial score (nSPS) is 9.89. The molecule has 0 unspecified atom stereocenters. The van der Waals surface area contributed by atoms with Crippen LogP contribution in [-0.2, 0) is 0 Å². The highest BCUT2D eigenvalue weighted by molar-refractivity contribution is 5.88. The Bertz CT molecular complexity index is 567. The Morgan fingerprint density at radius 2 is 2.00 bits per heavy atom. The topological polar surface area (TPSA) is 48.4 Å². The highest BCUT2D eigenvalue weighted by Crippen LogP contribution is 2.31. The number of hydrogen-bond donors (Lipinski definition) is 0. The summed E-state index contributed by atoms with van der Waals surface area (Å²) < 4.78 is 10.3. The van der Waals surface area contributed by atoms with Gasteiger partial charge >= 0.3 is 0 Å². The lowest BCUT2D eigenvalue weighted by Crippen LogP contribution is -1.95. The molecule has 2 aromatic rings. The van der Waals surface area contributed by atoms with E-state index in [1.165, 1.54) is 0 Å². The number of carbonyl (C=O) groups is 1. The highest BCUT2D eigenvalue weighted by Gasteiger charge is 2.11. The van der Waals surface area contributed by atoms with E-state index in [-0.39, 0.29) is 0 Å². The first kappa shape index (κ1) is 12.1. The maximum Gasteiger partial charge on any atom is 0.150 e. The van der Waals surface area contributed by atoms with E-state index in [9.17, 15) is 4.79 Å². The third kappa shape index (κ3) is 2.18. The molecule has 4 nitrogen and oxygen atoms in total. The Balaban J connectivity index is 2.59. The van der Waals surface area contributed by atoms with E-state index < -0.39 is 0 Å². The summed E-state index contributed by atoms with van der Waals surface area (Å²) in [6.45, 7) is 0. The molecule has 1 aromatic heterocycles. The molecule has 2 rings (SSSR count). The molecule has 1 aromatic carbocycles. The van der Waals surface area contributed by atoms with Crippen molar-refractivity contribution in [3.8, 4) is 22.8 Å². The third-order valence-corrected chi connectivity index (χ3v) is 2.63. The van der Waals surface area contributed by atoms with Gasteiger partial charge in [-0.2, -0.15) is 0 Å². The van der Waals surface area contributed by atoms with Crippen molar-refractivity contribution in [2.24, 2.45) is 0 Å². The Morgan fingerprint density at radius 3 is 2.67 bits per heavy atom. The van der Waals surface area contributed by atoms with Crippen LogP contribution in [0.15, 0.2) is 36.5 Å². The van der Waals surface area contributed by atoms with Crippen molar-refractivity contribution in [2.45, 2.75) is 0 Å². The van der Waals surface area contributed by atoms with Crippen LogP contribution in [-0.4, -0.2) is 25.5 Å². The van der Waals surface area contributed by atoms with Crippen LogP contribution >= 0.6 is 0 Å². The third-order valence-electron chi connectivity index (χ3n) is 2.63. The zero-order valence-corrected chi connectivity index (χ0v) is 10.2. The van der Waals surface area contributed by atoms with Gasteiger partial charge in [0, 0.05) is 17.3 Å². The summed E-state index contributed by atoms with van der Waals surface area (Å²) in [5.41, 5.74) is 1.89. The van der Waals surface area contributed by atoms with Crippen molar-refractivity contribution >= 4 is 6.29 Å². The molecule has 0 fully saturated rings. The SMILES string of the molecule is COc1ccc(-c2ncccc2OC)c(C=O)c1. The molecule has 0 bridgehead atoms. The van der Waals surface area contributed by atoms with Crippen LogP contribution in [0.4, 0.5) is 0 Å². The number of hydrogen-bond acceptors (Lipinski definition) is 4. The van der Waals surface area contributed by atoms with E-state index in [1.54, 1.807) is 50.7 Å². The largest absolute Gasteiger partial charge is 0.497 e. The fraction of sp³-hybridized carbons (Fsp3) is 0.143. The van der Waals surface area contributed by atoms with Crippen molar-refractivity contribution in [2.75, 3.05) is 14.2 Å². The lowest BCUT2D eigenvalue weighted by Gasteiger charge is -2.10. The number of nitrogens with zero attached hydrogens (tertiary/aromatic N) is 1. The fourth-order valence-electron chi connectivity index (χ4n) is 1.74. The lowest BCUT2D eigenvalue weighted by atomic mass is 10.0. The molecule has 92 valence electrons. The van der Waals surface area contributed by atoms with Crippen LogP contribution in [0.3, 0.4) is 0 Å². The average molecular weight is 243 g/mol. The number of ether oxygens (including phenoxy) is 2. The van der Waals surface area contributed by atoms with Gasteiger partial charge in [0.15, 0.2) is 6.29 Å².